The van der Waals surface area contributed by atoms with Crippen LogP contribution in [-0.4, -0.2) is 66.4 Å². The predicted octanol–water partition coefficient (Wildman–Crippen LogP) is 7.61. The lowest BCUT2D eigenvalue weighted by molar-refractivity contribution is -0.189. The monoisotopic (exact) mass is 710 g/mol. The number of hydrogen-bond acceptors (Lipinski definition) is 7. The molecule has 0 saturated carbocycles. The van der Waals surface area contributed by atoms with Crippen LogP contribution >= 0.6 is 0 Å². The summed E-state index contributed by atoms with van der Waals surface area (Å²) in [7, 11) is 1.28. The topological polar surface area (TPSA) is 137 Å². The molecule has 0 aromatic heterocycles. The zero-order valence-corrected chi connectivity index (χ0v) is 31.4. The van der Waals surface area contributed by atoms with Gasteiger partial charge in [-0.2, -0.15) is 0 Å². The maximum atomic E-state index is 14.2. The highest BCUT2D eigenvalue weighted by atomic mass is 19.3. The van der Waals surface area contributed by atoms with E-state index in [1.807, 2.05) is 0 Å². The summed E-state index contributed by atoms with van der Waals surface area (Å²) >= 11 is 0. The number of ether oxygens (including phenoxy) is 3. The third kappa shape index (κ3) is 18.3. The number of halogens is 2. The minimum absolute atomic E-state index is 0.0675. The molecule has 1 aromatic carbocycles. The fraction of sp³-hybridized carbons (Fsp3) is 0.718. The van der Waals surface area contributed by atoms with E-state index in [4.69, 9.17) is 19.9 Å². The molecule has 286 valence electrons. The largest absolute Gasteiger partial charge is 0.494 e. The van der Waals surface area contributed by atoms with Gasteiger partial charge in [0.15, 0.2) is 0 Å². The fourth-order valence-corrected chi connectivity index (χ4v) is 5.45. The number of primary amides is 1. The zero-order valence-electron chi connectivity index (χ0n) is 31.4. The van der Waals surface area contributed by atoms with Gasteiger partial charge in [-0.25, -0.2) is 13.6 Å². The number of carbonyl (C=O) groups is 3. The number of carbonyl (C=O) groups excluding carboxylic acids is 3. The number of esters is 1. The van der Waals surface area contributed by atoms with Crippen molar-refractivity contribution >= 4 is 17.8 Å². The van der Waals surface area contributed by atoms with E-state index in [0.717, 1.165) is 38.5 Å². The number of nitrogens with one attached hydrogen (secondary N) is 1. The minimum Gasteiger partial charge on any atom is -0.494 e. The van der Waals surface area contributed by atoms with Crippen molar-refractivity contribution in [2.45, 2.75) is 154 Å². The molecular weight excluding hydrogens is 646 g/mol. The van der Waals surface area contributed by atoms with Crippen LogP contribution in [0.4, 0.5) is 8.78 Å². The molecule has 0 heterocycles. The third-order valence-electron chi connectivity index (χ3n) is 8.34. The Morgan fingerprint density at radius 1 is 0.900 bits per heavy atom. The number of allylic oxidation sites excluding steroid dienone is 1. The van der Waals surface area contributed by atoms with Gasteiger partial charge in [-0.1, -0.05) is 83.1 Å². The van der Waals surface area contributed by atoms with Crippen LogP contribution in [0, 0.1) is 5.92 Å². The van der Waals surface area contributed by atoms with Gasteiger partial charge in [-0.05, 0) is 70.6 Å². The lowest BCUT2D eigenvalue weighted by atomic mass is 9.85. The normalized spacial score (nSPS) is 14.6. The van der Waals surface area contributed by atoms with Crippen LogP contribution in [0.3, 0.4) is 0 Å². The quantitative estimate of drug-likeness (QED) is 0.0486. The molecular formula is C39H64F2N2O7. The number of benzene rings is 1. The zero-order chi connectivity index (χ0) is 37.6. The Morgan fingerprint density at radius 2 is 1.48 bits per heavy atom. The molecule has 11 heteroatoms. The molecule has 0 radical (unpaired) electrons. The number of unbranched alkanes of at least 4 members (excludes halogenated alkanes) is 9. The van der Waals surface area contributed by atoms with Gasteiger partial charge in [0.2, 0.25) is 23.3 Å². The van der Waals surface area contributed by atoms with E-state index < -0.39 is 53.5 Å². The molecule has 0 aliphatic rings. The second-order valence-corrected chi connectivity index (χ2v) is 14.3. The lowest BCUT2D eigenvalue weighted by Gasteiger charge is -2.34. The van der Waals surface area contributed by atoms with Crippen LogP contribution in [0.2, 0.25) is 0 Å². The summed E-state index contributed by atoms with van der Waals surface area (Å²) in [5.74, 6) is -6.12. The molecule has 1 aromatic rings. The van der Waals surface area contributed by atoms with Crippen molar-refractivity contribution in [2.75, 3.05) is 20.3 Å². The number of alkyl halides is 2. The second kappa shape index (κ2) is 23.4. The summed E-state index contributed by atoms with van der Waals surface area (Å²) in [5.41, 5.74) is 3.00. The van der Waals surface area contributed by atoms with Gasteiger partial charge in [0.1, 0.15) is 17.4 Å². The maximum Gasteiger partial charge on any atom is 0.342 e. The summed E-state index contributed by atoms with van der Waals surface area (Å²) in [4.78, 5) is 39.6. The molecule has 0 aliphatic heterocycles. The summed E-state index contributed by atoms with van der Waals surface area (Å²) in [6.45, 7) is 9.10. The molecule has 3 atom stereocenters. The van der Waals surface area contributed by atoms with Crippen LogP contribution in [0.1, 0.15) is 130 Å². The average Bonchev–Trinajstić information content (AvgIpc) is 3.03. The van der Waals surface area contributed by atoms with Crippen LogP contribution in [0.5, 0.6) is 5.75 Å². The lowest BCUT2D eigenvalue weighted by Crippen LogP contribution is -2.58. The Labute approximate surface area is 299 Å². The van der Waals surface area contributed by atoms with Gasteiger partial charge in [-0.15, -0.1) is 0 Å². The average molecular weight is 711 g/mol. The van der Waals surface area contributed by atoms with Crippen molar-refractivity contribution in [3.63, 3.8) is 0 Å². The van der Waals surface area contributed by atoms with Crippen molar-refractivity contribution < 1.29 is 42.5 Å². The van der Waals surface area contributed by atoms with Crippen molar-refractivity contribution in [1.29, 1.82) is 0 Å². The molecule has 0 bridgehead atoms. The fourth-order valence-electron chi connectivity index (χ4n) is 5.45. The SMILES string of the molecule is CCCCCCCC(F)(F)CCCCCC/C=C/[C@H](C(=O)N[C@@H](Cc1ccc(OCCCC)cc1)C(N)=O)[C@@](O)(COC)C(=O)OC(C)(C)C. The highest BCUT2D eigenvalue weighted by Gasteiger charge is 2.50. The second-order valence-electron chi connectivity index (χ2n) is 14.3. The van der Waals surface area contributed by atoms with E-state index >= 15 is 0 Å². The van der Waals surface area contributed by atoms with E-state index in [1.165, 1.54) is 13.2 Å². The van der Waals surface area contributed by atoms with Crippen LogP contribution in [0.15, 0.2) is 36.4 Å². The number of aliphatic hydroxyl groups is 1. The molecule has 0 unspecified atom stereocenters. The van der Waals surface area contributed by atoms with Crippen LogP contribution in [0.25, 0.3) is 0 Å². The predicted molar refractivity (Wildman–Crippen MR) is 193 cm³/mol. The molecule has 0 aliphatic carbocycles. The van der Waals surface area contributed by atoms with E-state index in [9.17, 15) is 28.3 Å². The van der Waals surface area contributed by atoms with E-state index in [1.54, 1.807) is 51.1 Å². The highest BCUT2D eigenvalue weighted by Crippen LogP contribution is 2.29. The highest BCUT2D eigenvalue weighted by molar-refractivity contribution is 5.94. The Hall–Kier alpha value is -3.05. The van der Waals surface area contributed by atoms with Gasteiger partial charge >= 0.3 is 5.97 Å². The number of nitrogens with two attached hydrogens (primary N) is 1. The molecule has 4 N–H and O–H groups in total. The molecule has 9 nitrogen and oxygen atoms in total. The first-order valence-electron chi connectivity index (χ1n) is 18.4. The molecule has 0 fully saturated rings. The summed E-state index contributed by atoms with van der Waals surface area (Å²) in [6, 6.07) is 5.95. The first-order valence-corrected chi connectivity index (χ1v) is 18.4. The van der Waals surface area contributed by atoms with Gasteiger partial charge in [0, 0.05) is 26.4 Å². The van der Waals surface area contributed by atoms with Gasteiger partial charge < -0.3 is 30.4 Å². The minimum atomic E-state index is -2.64. The smallest absolute Gasteiger partial charge is 0.342 e. The summed E-state index contributed by atoms with van der Waals surface area (Å²) < 4.78 is 44.8. The number of methoxy groups -OCH3 is 1. The molecule has 0 spiro atoms. The van der Waals surface area contributed by atoms with Gasteiger partial charge in [0.05, 0.1) is 19.1 Å². The van der Waals surface area contributed by atoms with Crippen molar-refractivity contribution in [3.8, 4) is 5.75 Å². The van der Waals surface area contributed by atoms with Gasteiger partial charge in [-0.3, -0.25) is 9.59 Å². The van der Waals surface area contributed by atoms with E-state index in [2.05, 4.69) is 19.2 Å². The maximum absolute atomic E-state index is 14.2. The Balaban J connectivity index is 2.98. The van der Waals surface area contributed by atoms with Crippen LogP contribution < -0.4 is 15.8 Å². The summed E-state index contributed by atoms with van der Waals surface area (Å²) in [5, 5.41) is 14.3. The number of hydrogen-bond donors (Lipinski definition) is 3. The van der Waals surface area contributed by atoms with Crippen molar-refractivity contribution in [1.82, 2.24) is 5.32 Å². The molecule has 2 amide bonds. The molecule has 1 rings (SSSR count). The molecule has 50 heavy (non-hydrogen) atoms. The van der Waals surface area contributed by atoms with E-state index in [0.29, 0.717) is 56.4 Å². The standard InChI is InChI=1S/C39H64F2N2O7/c1-7-9-11-15-18-25-38(40,41)26-19-16-13-12-14-17-20-32(39(47,29-48-6)36(46)50-37(3,4)5)35(45)43-33(34(42)44)28-30-21-23-31(24-22-30)49-27-10-8-2/h17,20-24,32-33,47H,7-16,18-19,25-29H2,1-6H3,(H2,42,44)(H,43,45)/b20-17+/t32-,33+,39+/m1/s1. The molecule has 0 saturated heterocycles. The summed E-state index contributed by atoms with van der Waals surface area (Å²) in [6.07, 6.45) is 12.3. The first-order chi connectivity index (χ1) is 23.6. The first kappa shape index (κ1) is 45.0. The van der Waals surface area contributed by atoms with Gasteiger partial charge in [0.25, 0.3) is 0 Å². The third-order valence-corrected chi connectivity index (χ3v) is 8.34. The van der Waals surface area contributed by atoms with Crippen molar-refractivity contribution in [3.05, 3.63) is 42.0 Å². The van der Waals surface area contributed by atoms with Crippen LogP contribution in [-0.2, 0) is 30.3 Å². The number of rotatable bonds is 27. The Morgan fingerprint density at radius 3 is 2.02 bits per heavy atom. The number of amides is 2. The van der Waals surface area contributed by atoms with E-state index in [-0.39, 0.29) is 19.3 Å². The Kier molecular flexibility index (Phi) is 21.1. The Bertz CT molecular complexity index is 1150. The van der Waals surface area contributed by atoms with Crippen molar-refractivity contribution in [2.24, 2.45) is 11.7 Å².